The number of aromatic amines is 1. The molecule has 0 fully saturated rings. The standard InChI is InChI=1S/C17H14F3N3O4S/c18-17(19,20)27-13-5-4-11-7-15(23-14(11)8-13)16(24)22-12-3-1-2-10(6-12)9-28(21,25)26/h1-8,23H,9H2,(H,22,24)(H2,21,25,26). The quantitative estimate of drug-likeness (QED) is 0.596. The molecule has 0 unspecified atom stereocenters. The van der Waals surface area contributed by atoms with Crippen molar-refractivity contribution in [2.75, 3.05) is 5.32 Å². The van der Waals surface area contributed by atoms with Gasteiger partial charge in [0, 0.05) is 22.7 Å². The van der Waals surface area contributed by atoms with E-state index in [0.717, 1.165) is 12.1 Å². The summed E-state index contributed by atoms with van der Waals surface area (Å²) in [5.74, 6) is -1.35. The molecule has 0 radical (unpaired) electrons. The fourth-order valence-corrected chi connectivity index (χ4v) is 3.24. The number of aromatic nitrogens is 1. The number of carbonyl (C=O) groups is 1. The van der Waals surface area contributed by atoms with Crippen LogP contribution in [0, 0.1) is 0 Å². The third-order valence-corrected chi connectivity index (χ3v) is 4.36. The molecule has 0 saturated carbocycles. The summed E-state index contributed by atoms with van der Waals surface area (Å²) in [6, 6.07) is 11.2. The van der Waals surface area contributed by atoms with E-state index in [9.17, 15) is 26.4 Å². The van der Waals surface area contributed by atoms with Crippen molar-refractivity contribution in [3.05, 3.63) is 59.8 Å². The lowest BCUT2D eigenvalue weighted by atomic mass is 10.2. The van der Waals surface area contributed by atoms with Gasteiger partial charge in [-0.1, -0.05) is 12.1 Å². The zero-order chi connectivity index (χ0) is 20.5. The number of rotatable bonds is 5. The average molecular weight is 413 g/mol. The number of amides is 1. The van der Waals surface area contributed by atoms with Gasteiger partial charge < -0.3 is 15.0 Å². The van der Waals surface area contributed by atoms with Gasteiger partial charge in [-0.15, -0.1) is 13.2 Å². The van der Waals surface area contributed by atoms with Gasteiger partial charge in [-0.05, 0) is 35.9 Å². The molecular weight excluding hydrogens is 399 g/mol. The fourth-order valence-electron chi connectivity index (χ4n) is 2.60. The molecule has 0 saturated heterocycles. The number of nitrogens with two attached hydrogens (primary N) is 1. The number of sulfonamides is 1. The Morgan fingerprint density at radius 2 is 1.89 bits per heavy atom. The molecular formula is C17H14F3N3O4S. The van der Waals surface area contributed by atoms with Gasteiger partial charge in [-0.3, -0.25) is 4.79 Å². The predicted molar refractivity (Wildman–Crippen MR) is 96.2 cm³/mol. The summed E-state index contributed by atoms with van der Waals surface area (Å²) >= 11 is 0. The van der Waals surface area contributed by atoms with Gasteiger partial charge in [0.1, 0.15) is 11.4 Å². The van der Waals surface area contributed by atoms with Crippen molar-refractivity contribution in [2.45, 2.75) is 12.1 Å². The minimum atomic E-state index is -4.82. The molecule has 0 spiro atoms. The Labute approximate surface area is 157 Å². The fraction of sp³-hybridized carbons (Fsp3) is 0.118. The van der Waals surface area contributed by atoms with Gasteiger partial charge in [0.2, 0.25) is 10.0 Å². The van der Waals surface area contributed by atoms with E-state index in [4.69, 9.17) is 5.14 Å². The minimum Gasteiger partial charge on any atom is -0.406 e. The Morgan fingerprint density at radius 3 is 2.57 bits per heavy atom. The van der Waals surface area contributed by atoms with Gasteiger partial charge in [-0.2, -0.15) is 0 Å². The number of alkyl halides is 3. The van der Waals surface area contributed by atoms with E-state index >= 15 is 0 Å². The molecule has 4 N–H and O–H groups in total. The summed E-state index contributed by atoms with van der Waals surface area (Å²) in [7, 11) is -3.72. The van der Waals surface area contributed by atoms with Crippen molar-refractivity contribution < 1.29 is 31.1 Å². The lowest BCUT2D eigenvalue weighted by Gasteiger charge is -2.08. The molecule has 1 heterocycles. The summed E-state index contributed by atoms with van der Waals surface area (Å²) in [4.78, 5) is 15.1. The summed E-state index contributed by atoms with van der Waals surface area (Å²) in [6.07, 6.45) is -4.82. The number of H-pyrrole nitrogens is 1. The maximum atomic E-state index is 12.4. The number of hydrogen-bond donors (Lipinski definition) is 3. The minimum absolute atomic E-state index is 0.107. The highest BCUT2D eigenvalue weighted by molar-refractivity contribution is 7.88. The molecule has 2 aromatic carbocycles. The Kier molecular flexibility index (Phi) is 5.04. The summed E-state index contributed by atoms with van der Waals surface area (Å²) < 4.78 is 63.1. The van der Waals surface area contributed by atoms with Crippen LogP contribution in [0.1, 0.15) is 16.1 Å². The maximum Gasteiger partial charge on any atom is 0.573 e. The Hall–Kier alpha value is -3.05. The Morgan fingerprint density at radius 1 is 1.14 bits per heavy atom. The summed E-state index contributed by atoms with van der Waals surface area (Å²) in [5, 5.41) is 8.10. The second-order valence-electron chi connectivity index (χ2n) is 5.94. The highest BCUT2D eigenvalue weighted by Crippen LogP contribution is 2.27. The van der Waals surface area contributed by atoms with Gasteiger partial charge in [0.15, 0.2) is 0 Å². The predicted octanol–water partition coefficient (Wildman–Crippen LogP) is 3.11. The van der Waals surface area contributed by atoms with Crippen LogP contribution in [0.15, 0.2) is 48.5 Å². The van der Waals surface area contributed by atoms with Crippen LogP contribution in [-0.2, 0) is 15.8 Å². The maximum absolute atomic E-state index is 12.4. The largest absolute Gasteiger partial charge is 0.573 e. The summed E-state index contributed by atoms with van der Waals surface area (Å²) in [6.45, 7) is 0. The number of hydrogen-bond acceptors (Lipinski definition) is 4. The van der Waals surface area contributed by atoms with Crippen molar-refractivity contribution >= 4 is 32.5 Å². The van der Waals surface area contributed by atoms with Crippen LogP contribution in [-0.4, -0.2) is 25.7 Å². The van der Waals surface area contributed by atoms with E-state index in [-0.39, 0.29) is 17.0 Å². The molecule has 0 atom stereocenters. The van der Waals surface area contributed by atoms with Crippen molar-refractivity contribution in [1.82, 2.24) is 4.98 Å². The van der Waals surface area contributed by atoms with Crippen LogP contribution in [0.4, 0.5) is 18.9 Å². The van der Waals surface area contributed by atoms with Gasteiger partial charge in [-0.25, -0.2) is 13.6 Å². The molecule has 7 nitrogen and oxygen atoms in total. The summed E-state index contributed by atoms with van der Waals surface area (Å²) in [5.41, 5.74) is 1.13. The Bertz CT molecular complexity index is 1140. The van der Waals surface area contributed by atoms with E-state index in [1.54, 1.807) is 18.2 Å². The number of ether oxygens (including phenoxy) is 1. The highest BCUT2D eigenvalue weighted by Gasteiger charge is 2.31. The van der Waals surface area contributed by atoms with Crippen LogP contribution < -0.4 is 15.2 Å². The third kappa shape index (κ3) is 5.24. The first kappa shape index (κ1) is 19.7. The topological polar surface area (TPSA) is 114 Å². The number of nitrogens with one attached hydrogen (secondary N) is 2. The van der Waals surface area contributed by atoms with Gasteiger partial charge in [0.05, 0.1) is 5.75 Å². The molecule has 0 aliphatic carbocycles. The van der Waals surface area contributed by atoms with Crippen molar-refractivity contribution in [3.63, 3.8) is 0 Å². The van der Waals surface area contributed by atoms with Crippen molar-refractivity contribution in [1.29, 1.82) is 0 Å². The molecule has 11 heteroatoms. The van der Waals surface area contributed by atoms with E-state index in [0.29, 0.717) is 16.6 Å². The lowest BCUT2D eigenvalue weighted by molar-refractivity contribution is -0.274. The second-order valence-corrected chi connectivity index (χ2v) is 7.56. The first-order valence-corrected chi connectivity index (χ1v) is 9.49. The smallest absolute Gasteiger partial charge is 0.406 e. The number of carbonyl (C=O) groups excluding carboxylic acids is 1. The highest BCUT2D eigenvalue weighted by atomic mass is 32.2. The Balaban J connectivity index is 1.79. The first-order valence-electron chi connectivity index (χ1n) is 7.78. The molecule has 148 valence electrons. The molecule has 3 rings (SSSR count). The van der Waals surface area contributed by atoms with Crippen LogP contribution in [0.5, 0.6) is 5.75 Å². The van der Waals surface area contributed by atoms with Crippen LogP contribution in [0.2, 0.25) is 0 Å². The van der Waals surface area contributed by atoms with Crippen LogP contribution in [0.3, 0.4) is 0 Å². The van der Waals surface area contributed by atoms with E-state index in [1.165, 1.54) is 18.2 Å². The molecule has 1 aromatic heterocycles. The van der Waals surface area contributed by atoms with Gasteiger partial charge in [0.25, 0.3) is 5.91 Å². The monoisotopic (exact) mass is 413 g/mol. The van der Waals surface area contributed by atoms with Crippen LogP contribution in [0.25, 0.3) is 10.9 Å². The van der Waals surface area contributed by atoms with Crippen molar-refractivity contribution in [3.8, 4) is 5.75 Å². The van der Waals surface area contributed by atoms with Gasteiger partial charge >= 0.3 is 6.36 Å². The molecule has 1 amide bonds. The SMILES string of the molecule is NS(=O)(=O)Cc1cccc(NC(=O)c2cc3ccc(OC(F)(F)F)cc3[nH]2)c1. The van der Waals surface area contributed by atoms with E-state index in [2.05, 4.69) is 15.0 Å². The number of primary sulfonamides is 1. The average Bonchev–Trinajstić information content (AvgIpc) is 2.95. The second kappa shape index (κ2) is 7.17. The van der Waals surface area contributed by atoms with E-state index < -0.39 is 28.0 Å². The van der Waals surface area contributed by atoms with Crippen LogP contribution >= 0.6 is 0 Å². The normalized spacial score (nSPS) is 12.1. The van der Waals surface area contributed by atoms with Crippen molar-refractivity contribution in [2.24, 2.45) is 5.14 Å². The van der Waals surface area contributed by atoms with E-state index in [1.807, 2.05) is 0 Å². The molecule has 0 aliphatic rings. The number of benzene rings is 2. The molecule has 0 aliphatic heterocycles. The third-order valence-electron chi connectivity index (χ3n) is 3.62. The number of fused-ring (bicyclic) bond motifs is 1. The molecule has 0 bridgehead atoms. The molecule has 3 aromatic rings. The molecule has 28 heavy (non-hydrogen) atoms. The number of anilines is 1. The first-order chi connectivity index (χ1) is 13.0. The zero-order valence-corrected chi connectivity index (χ0v) is 14.9. The zero-order valence-electron chi connectivity index (χ0n) is 14.1. The lowest BCUT2D eigenvalue weighted by Crippen LogP contribution is -2.17. The number of halogens is 3.